The molecule has 2 aromatic carbocycles. The van der Waals surface area contributed by atoms with Crippen molar-refractivity contribution in [1.82, 2.24) is 0 Å². The number of hydrogen-bond acceptors (Lipinski definition) is 3. The van der Waals surface area contributed by atoms with Crippen molar-refractivity contribution in [3.05, 3.63) is 59.7 Å². The number of rotatable bonds is 4. The van der Waals surface area contributed by atoms with Gasteiger partial charge in [-0.3, -0.25) is 9.59 Å². The molecular weight excluding hydrogens is 328 g/mol. The highest BCUT2D eigenvalue weighted by molar-refractivity contribution is 6.14. The van der Waals surface area contributed by atoms with Gasteiger partial charge in [0, 0.05) is 0 Å². The molecule has 0 saturated carbocycles. The third kappa shape index (κ3) is 3.80. The van der Waals surface area contributed by atoms with E-state index < -0.39 is 34.6 Å². The summed E-state index contributed by atoms with van der Waals surface area (Å²) < 4.78 is 27.3. The first-order chi connectivity index (χ1) is 11.8. The topological polar surface area (TPSA) is 82.0 Å². The Morgan fingerprint density at radius 2 is 1.52 bits per heavy atom. The second-order valence-electron chi connectivity index (χ2n) is 5.79. The molecule has 2 amide bonds. The number of nitrogens with one attached hydrogen (secondary N) is 2. The number of halogens is 2. The van der Waals surface area contributed by atoms with Crippen molar-refractivity contribution in [3.8, 4) is 6.07 Å². The quantitative estimate of drug-likeness (QED) is 0.834. The number of anilines is 2. The third-order valence-electron chi connectivity index (χ3n) is 3.63. The van der Waals surface area contributed by atoms with E-state index in [0.29, 0.717) is 0 Å². The highest BCUT2D eigenvalue weighted by atomic mass is 19.1. The smallest absolute Gasteiger partial charge is 0.239 e. The van der Waals surface area contributed by atoms with E-state index in [1.807, 2.05) is 6.07 Å². The van der Waals surface area contributed by atoms with Crippen LogP contribution in [0, 0.1) is 28.4 Å². The number of carbonyl (C=O) groups is 2. The molecule has 0 atom stereocenters. The summed E-state index contributed by atoms with van der Waals surface area (Å²) in [4.78, 5) is 24.8. The number of carbonyl (C=O) groups excluding carboxylic acids is 2. The summed E-state index contributed by atoms with van der Waals surface area (Å²) in [5.41, 5.74) is -1.79. The van der Waals surface area contributed by atoms with Crippen LogP contribution in [0.1, 0.15) is 19.4 Å². The molecule has 2 aromatic rings. The van der Waals surface area contributed by atoms with Crippen LogP contribution in [-0.4, -0.2) is 11.8 Å². The predicted molar refractivity (Wildman–Crippen MR) is 88.6 cm³/mol. The molecule has 5 nitrogen and oxygen atoms in total. The first-order valence-corrected chi connectivity index (χ1v) is 7.33. The van der Waals surface area contributed by atoms with E-state index in [1.54, 1.807) is 12.1 Å². The fourth-order valence-electron chi connectivity index (χ4n) is 1.96. The minimum Gasteiger partial charge on any atom is -0.324 e. The number of nitrogens with zero attached hydrogens (tertiary/aromatic N) is 1. The molecule has 0 fully saturated rings. The fraction of sp³-hybridized carbons (Fsp3) is 0.167. The maximum atomic E-state index is 13.7. The van der Waals surface area contributed by atoms with Crippen LogP contribution >= 0.6 is 0 Å². The summed E-state index contributed by atoms with van der Waals surface area (Å²) in [6, 6.07) is 11.4. The van der Waals surface area contributed by atoms with Gasteiger partial charge < -0.3 is 10.6 Å². The summed E-state index contributed by atoms with van der Waals surface area (Å²) >= 11 is 0. The van der Waals surface area contributed by atoms with Gasteiger partial charge in [0.2, 0.25) is 11.8 Å². The van der Waals surface area contributed by atoms with Crippen LogP contribution < -0.4 is 10.6 Å². The van der Waals surface area contributed by atoms with Gasteiger partial charge >= 0.3 is 0 Å². The lowest BCUT2D eigenvalue weighted by molar-refractivity contribution is -0.135. The van der Waals surface area contributed by atoms with Crippen molar-refractivity contribution in [3.63, 3.8) is 0 Å². The molecule has 0 spiro atoms. The van der Waals surface area contributed by atoms with E-state index in [9.17, 15) is 18.4 Å². The van der Waals surface area contributed by atoms with E-state index in [2.05, 4.69) is 10.6 Å². The van der Waals surface area contributed by atoms with Crippen molar-refractivity contribution in [2.75, 3.05) is 10.6 Å². The first kappa shape index (κ1) is 18.1. The molecule has 25 heavy (non-hydrogen) atoms. The average molecular weight is 343 g/mol. The van der Waals surface area contributed by atoms with Gasteiger partial charge in [-0.05, 0) is 38.1 Å². The monoisotopic (exact) mass is 343 g/mol. The average Bonchev–Trinajstić information content (AvgIpc) is 2.58. The van der Waals surface area contributed by atoms with Gasteiger partial charge in [0.05, 0.1) is 11.3 Å². The number of nitriles is 1. The molecule has 7 heteroatoms. The Kier molecular flexibility index (Phi) is 5.13. The number of benzene rings is 2. The molecule has 0 heterocycles. The largest absolute Gasteiger partial charge is 0.324 e. The molecular formula is C18H15F2N3O2. The maximum Gasteiger partial charge on any atom is 0.239 e. The van der Waals surface area contributed by atoms with Crippen molar-refractivity contribution in [2.45, 2.75) is 13.8 Å². The zero-order valence-electron chi connectivity index (χ0n) is 13.6. The lowest BCUT2D eigenvalue weighted by Gasteiger charge is -2.23. The van der Waals surface area contributed by atoms with Crippen LogP contribution in [0.15, 0.2) is 42.5 Å². The summed E-state index contributed by atoms with van der Waals surface area (Å²) in [6.07, 6.45) is 0. The molecule has 0 aliphatic carbocycles. The maximum absolute atomic E-state index is 13.7. The van der Waals surface area contributed by atoms with Gasteiger partial charge in [0.1, 0.15) is 28.8 Å². The van der Waals surface area contributed by atoms with E-state index in [-0.39, 0.29) is 11.3 Å². The van der Waals surface area contributed by atoms with Crippen molar-refractivity contribution >= 4 is 23.2 Å². The van der Waals surface area contributed by atoms with Crippen molar-refractivity contribution in [1.29, 1.82) is 5.26 Å². The third-order valence-corrected chi connectivity index (χ3v) is 3.63. The Hall–Kier alpha value is -3.27. The minimum absolute atomic E-state index is 0.229. The second-order valence-corrected chi connectivity index (χ2v) is 5.79. The molecule has 0 bridgehead atoms. The standard InChI is InChI=1S/C18H15F2N3O2/c1-18(2,16(24)22-14-9-4-3-6-11(14)10-21)17(25)23-15-12(19)7-5-8-13(15)20/h3-9H,1-2H3,(H,22,24)(H,23,25). The number of hydrogen-bond donors (Lipinski definition) is 2. The van der Waals surface area contributed by atoms with E-state index in [1.165, 1.54) is 26.0 Å². The Labute approximate surface area is 143 Å². The first-order valence-electron chi connectivity index (χ1n) is 7.33. The van der Waals surface area contributed by atoms with Crippen LogP contribution in [-0.2, 0) is 9.59 Å². The Balaban J connectivity index is 2.21. The summed E-state index contributed by atoms with van der Waals surface area (Å²) in [5.74, 6) is -3.49. The van der Waals surface area contributed by atoms with Gasteiger partial charge in [0.15, 0.2) is 0 Å². The fourth-order valence-corrected chi connectivity index (χ4v) is 1.96. The SMILES string of the molecule is CC(C)(C(=O)Nc1ccccc1C#N)C(=O)Nc1c(F)cccc1F. The predicted octanol–water partition coefficient (Wildman–Crippen LogP) is 3.44. The van der Waals surface area contributed by atoms with E-state index >= 15 is 0 Å². The lowest BCUT2D eigenvalue weighted by atomic mass is 9.90. The Bertz CT molecular complexity index is 853. The minimum atomic E-state index is -1.64. The van der Waals surface area contributed by atoms with Crippen LogP contribution in [0.2, 0.25) is 0 Å². The van der Waals surface area contributed by atoms with Crippen molar-refractivity contribution < 1.29 is 18.4 Å². The molecule has 0 aromatic heterocycles. The number of para-hydroxylation sites is 2. The highest BCUT2D eigenvalue weighted by Crippen LogP contribution is 2.25. The van der Waals surface area contributed by atoms with Crippen LogP contribution in [0.3, 0.4) is 0 Å². The molecule has 0 saturated heterocycles. The normalized spacial score (nSPS) is 10.7. The van der Waals surface area contributed by atoms with E-state index in [0.717, 1.165) is 18.2 Å². The molecule has 128 valence electrons. The molecule has 2 rings (SSSR count). The van der Waals surface area contributed by atoms with Gasteiger partial charge in [-0.25, -0.2) is 8.78 Å². The molecule has 0 unspecified atom stereocenters. The van der Waals surface area contributed by atoms with Gasteiger partial charge in [0.25, 0.3) is 0 Å². The summed E-state index contributed by atoms with van der Waals surface area (Å²) in [6.45, 7) is 2.62. The summed E-state index contributed by atoms with van der Waals surface area (Å²) in [7, 11) is 0. The van der Waals surface area contributed by atoms with Gasteiger partial charge in [-0.1, -0.05) is 18.2 Å². The second kappa shape index (κ2) is 7.09. The number of amides is 2. The van der Waals surface area contributed by atoms with Gasteiger partial charge in [-0.2, -0.15) is 5.26 Å². The summed E-state index contributed by atoms with van der Waals surface area (Å²) in [5, 5.41) is 13.6. The van der Waals surface area contributed by atoms with Gasteiger partial charge in [-0.15, -0.1) is 0 Å². The Morgan fingerprint density at radius 3 is 2.12 bits per heavy atom. The van der Waals surface area contributed by atoms with Crippen LogP contribution in [0.25, 0.3) is 0 Å². The molecule has 2 N–H and O–H groups in total. The molecule has 0 aliphatic heterocycles. The van der Waals surface area contributed by atoms with E-state index in [4.69, 9.17) is 5.26 Å². The molecule has 0 radical (unpaired) electrons. The van der Waals surface area contributed by atoms with Crippen molar-refractivity contribution in [2.24, 2.45) is 5.41 Å². The van der Waals surface area contributed by atoms with Crippen LogP contribution in [0.4, 0.5) is 20.2 Å². The molecule has 0 aliphatic rings. The highest BCUT2D eigenvalue weighted by Gasteiger charge is 2.37. The Morgan fingerprint density at radius 1 is 0.960 bits per heavy atom. The zero-order valence-corrected chi connectivity index (χ0v) is 13.6. The zero-order chi connectivity index (χ0) is 18.6. The lowest BCUT2D eigenvalue weighted by Crippen LogP contribution is -2.42. The van der Waals surface area contributed by atoms with Crippen LogP contribution in [0.5, 0.6) is 0 Å².